The van der Waals surface area contributed by atoms with Crippen molar-refractivity contribution in [1.82, 2.24) is 9.78 Å². The van der Waals surface area contributed by atoms with E-state index in [1.807, 2.05) is 33.0 Å². The van der Waals surface area contributed by atoms with Gasteiger partial charge in [0.15, 0.2) is 0 Å². The van der Waals surface area contributed by atoms with Crippen LogP contribution in [0, 0.1) is 0 Å². The van der Waals surface area contributed by atoms with E-state index in [9.17, 15) is 9.59 Å². The molecule has 0 saturated heterocycles. The van der Waals surface area contributed by atoms with Crippen LogP contribution in [0.15, 0.2) is 35.5 Å². The fraction of sp³-hybridized carbons (Fsp3) is 0.350. The van der Waals surface area contributed by atoms with Gasteiger partial charge in [0, 0.05) is 24.2 Å². The second-order valence-corrected chi connectivity index (χ2v) is 6.35. The molecule has 1 N–H and O–H groups in total. The second kappa shape index (κ2) is 7.26. The number of nitrogens with one attached hydrogen (secondary N) is 1. The lowest BCUT2D eigenvalue weighted by atomic mass is 9.79. The standard InChI is InChI=1S/C20H23N3O4/c1-6-14-17-16(12-9-7-8-10-13(12)19(24)26-4)15(20(25)27-5)11(2)21-18(17)23(3)22-14/h7-10,16,21H,6H2,1-5H3. The summed E-state index contributed by atoms with van der Waals surface area (Å²) in [5, 5.41) is 7.87. The van der Waals surface area contributed by atoms with Crippen LogP contribution in [-0.4, -0.2) is 35.9 Å². The lowest BCUT2D eigenvalue weighted by Crippen LogP contribution is -2.26. The van der Waals surface area contributed by atoms with Gasteiger partial charge in [0.1, 0.15) is 5.82 Å². The molecule has 0 bridgehead atoms. The van der Waals surface area contributed by atoms with Crippen LogP contribution in [0.5, 0.6) is 0 Å². The minimum absolute atomic E-state index is 0.415. The van der Waals surface area contributed by atoms with E-state index in [1.54, 1.807) is 16.8 Å². The molecule has 1 aromatic carbocycles. The number of methoxy groups -OCH3 is 2. The molecule has 7 heteroatoms. The zero-order valence-corrected chi connectivity index (χ0v) is 16.1. The number of esters is 2. The lowest BCUT2D eigenvalue weighted by Gasteiger charge is -2.29. The number of hydrogen-bond acceptors (Lipinski definition) is 6. The zero-order valence-electron chi connectivity index (χ0n) is 16.1. The number of rotatable bonds is 4. The number of nitrogens with zero attached hydrogens (tertiary/aromatic N) is 2. The molecule has 0 fully saturated rings. The summed E-state index contributed by atoms with van der Waals surface area (Å²) < 4.78 is 11.8. The van der Waals surface area contributed by atoms with Crippen LogP contribution in [0.2, 0.25) is 0 Å². The molecule has 142 valence electrons. The molecule has 3 rings (SSSR count). The summed E-state index contributed by atoms with van der Waals surface area (Å²) in [4.78, 5) is 25.0. The van der Waals surface area contributed by atoms with Crippen LogP contribution in [-0.2, 0) is 27.7 Å². The van der Waals surface area contributed by atoms with Gasteiger partial charge in [-0.1, -0.05) is 25.1 Å². The highest BCUT2D eigenvalue weighted by Gasteiger charge is 2.38. The number of hydrogen-bond donors (Lipinski definition) is 1. The largest absolute Gasteiger partial charge is 0.466 e. The smallest absolute Gasteiger partial charge is 0.338 e. The summed E-state index contributed by atoms with van der Waals surface area (Å²) in [6, 6.07) is 7.16. The van der Waals surface area contributed by atoms with Gasteiger partial charge in [0.05, 0.1) is 31.1 Å². The Morgan fingerprint density at radius 3 is 2.48 bits per heavy atom. The second-order valence-electron chi connectivity index (χ2n) is 6.35. The van der Waals surface area contributed by atoms with Crippen molar-refractivity contribution in [2.24, 2.45) is 7.05 Å². The van der Waals surface area contributed by atoms with E-state index >= 15 is 0 Å². The number of fused-ring (bicyclic) bond motifs is 1. The summed E-state index contributed by atoms with van der Waals surface area (Å²) in [5.41, 5.74) is 3.97. The van der Waals surface area contributed by atoms with Crippen molar-refractivity contribution in [2.75, 3.05) is 19.5 Å². The fourth-order valence-corrected chi connectivity index (χ4v) is 3.65. The lowest BCUT2D eigenvalue weighted by molar-refractivity contribution is -0.136. The SMILES string of the molecule is CCc1nn(C)c2c1C(c1ccccc1C(=O)OC)C(C(=O)OC)=C(C)N2. The van der Waals surface area contributed by atoms with E-state index in [0.717, 1.165) is 17.1 Å². The molecule has 2 aromatic rings. The van der Waals surface area contributed by atoms with Gasteiger partial charge in [-0.2, -0.15) is 5.10 Å². The number of carbonyl (C=O) groups is 2. The van der Waals surface area contributed by atoms with E-state index < -0.39 is 17.9 Å². The monoisotopic (exact) mass is 369 g/mol. The van der Waals surface area contributed by atoms with Gasteiger partial charge in [-0.15, -0.1) is 0 Å². The molecule has 1 aromatic heterocycles. The summed E-state index contributed by atoms with van der Waals surface area (Å²) in [7, 11) is 4.55. The van der Waals surface area contributed by atoms with Crippen LogP contribution in [0.25, 0.3) is 0 Å². The van der Waals surface area contributed by atoms with Crippen molar-refractivity contribution in [1.29, 1.82) is 0 Å². The first-order valence-corrected chi connectivity index (χ1v) is 8.73. The van der Waals surface area contributed by atoms with Crippen LogP contribution in [0.3, 0.4) is 0 Å². The van der Waals surface area contributed by atoms with Crippen molar-refractivity contribution in [3.8, 4) is 0 Å². The Balaban J connectivity index is 2.34. The third kappa shape index (κ3) is 2.99. The number of aryl methyl sites for hydroxylation is 2. The number of ether oxygens (including phenoxy) is 2. The predicted octanol–water partition coefficient (Wildman–Crippen LogP) is 2.77. The number of benzene rings is 1. The Morgan fingerprint density at radius 2 is 1.85 bits per heavy atom. The van der Waals surface area contributed by atoms with Gasteiger partial charge in [-0.25, -0.2) is 9.59 Å². The van der Waals surface area contributed by atoms with E-state index in [1.165, 1.54) is 14.2 Å². The molecule has 1 unspecified atom stereocenters. The highest BCUT2D eigenvalue weighted by molar-refractivity contribution is 5.97. The zero-order chi connectivity index (χ0) is 19.7. The molecule has 27 heavy (non-hydrogen) atoms. The normalized spacial score (nSPS) is 15.8. The minimum Gasteiger partial charge on any atom is -0.466 e. The maximum Gasteiger partial charge on any atom is 0.338 e. The molecule has 1 atom stereocenters. The molecule has 1 aliphatic heterocycles. The van der Waals surface area contributed by atoms with Crippen LogP contribution >= 0.6 is 0 Å². The molecule has 0 radical (unpaired) electrons. The molecular formula is C20H23N3O4. The topological polar surface area (TPSA) is 82.5 Å². The molecule has 0 amide bonds. The van der Waals surface area contributed by atoms with Crippen molar-refractivity contribution in [2.45, 2.75) is 26.2 Å². The summed E-state index contributed by atoms with van der Waals surface area (Å²) in [6.07, 6.45) is 0.690. The summed E-state index contributed by atoms with van der Waals surface area (Å²) >= 11 is 0. The van der Waals surface area contributed by atoms with Crippen LogP contribution in [0.4, 0.5) is 5.82 Å². The number of aromatic nitrogens is 2. The molecule has 0 saturated carbocycles. The summed E-state index contributed by atoms with van der Waals surface area (Å²) in [5.74, 6) is -0.565. The molecule has 1 aliphatic rings. The number of carbonyl (C=O) groups excluding carboxylic acids is 2. The molecule has 0 spiro atoms. The Morgan fingerprint density at radius 1 is 1.19 bits per heavy atom. The van der Waals surface area contributed by atoms with E-state index in [2.05, 4.69) is 10.4 Å². The Bertz CT molecular complexity index is 943. The summed E-state index contributed by atoms with van der Waals surface area (Å²) in [6.45, 7) is 3.83. The predicted molar refractivity (Wildman–Crippen MR) is 101 cm³/mol. The first-order valence-electron chi connectivity index (χ1n) is 8.73. The third-order valence-electron chi connectivity index (χ3n) is 4.86. The highest BCUT2D eigenvalue weighted by Crippen LogP contribution is 2.44. The third-order valence-corrected chi connectivity index (χ3v) is 4.86. The van der Waals surface area contributed by atoms with Gasteiger partial charge < -0.3 is 14.8 Å². The molecular weight excluding hydrogens is 346 g/mol. The quantitative estimate of drug-likeness (QED) is 0.835. The Labute approximate surface area is 158 Å². The van der Waals surface area contributed by atoms with E-state index in [4.69, 9.17) is 9.47 Å². The van der Waals surface area contributed by atoms with E-state index in [-0.39, 0.29) is 0 Å². The van der Waals surface area contributed by atoms with Gasteiger partial charge in [-0.3, -0.25) is 4.68 Å². The first kappa shape index (κ1) is 18.7. The van der Waals surface area contributed by atoms with Crippen molar-refractivity contribution < 1.29 is 19.1 Å². The number of allylic oxidation sites excluding steroid dienone is 1. The van der Waals surface area contributed by atoms with Gasteiger partial charge >= 0.3 is 11.9 Å². The average molecular weight is 369 g/mol. The van der Waals surface area contributed by atoms with Gasteiger partial charge in [0.25, 0.3) is 0 Å². The molecule has 7 nitrogen and oxygen atoms in total. The van der Waals surface area contributed by atoms with E-state index in [0.29, 0.717) is 28.8 Å². The molecule has 0 aliphatic carbocycles. The Hall–Kier alpha value is -3.09. The van der Waals surface area contributed by atoms with Crippen LogP contribution in [0.1, 0.15) is 46.9 Å². The van der Waals surface area contributed by atoms with Crippen LogP contribution < -0.4 is 5.32 Å². The highest BCUT2D eigenvalue weighted by atomic mass is 16.5. The average Bonchev–Trinajstić information content (AvgIpc) is 3.01. The van der Waals surface area contributed by atoms with Gasteiger partial charge in [-0.05, 0) is 25.0 Å². The van der Waals surface area contributed by atoms with Crippen molar-refractivity contribution in [3.63, 3.8) is 0 Å². The maximum atomic E-state index is 12.7. The molecule has 2 heterocycles. The fourth-order valence-electron chi connectivity index (χ4n) is 3.65. The number of anilines is 1. The van der Waals surface area contributed by atoms with Crippen molar-refractivity contribution >= 4 is 17.8 Å². The first-order chi connectivity index (χ1) is 12.9. The Kier molecular flexibility index (Phi) is 5.03. The van der Waals surface area contributed by atoms with Gasteiger partial charge in [0.2, 0.25) is 0 Å². The van der Waals surface area contributed by atoms with Crippen molar-refractivity contribution in [3.05, 3.63) is 57.9 Å². The maximum absolute atomic E-state index is 12.7. The minimum atomic E-state index is -0.479.